The molecule has 0 bridgehead atoms. The molecule has 0 heterocycles. The SMILES string of the molecule is CC(C)C(CNc1cc(F)c(Cl)cc1[N+](=O)[O-])C(C)C. The summed E-state index contributed by atoms with van der Waals surface area (Å²) in [6, 6.07) is 2.12. The second kappa shape index (κ2) is 6.88. The standard InChI is InChI=1S/C14H20ClFN2O2/c1-8(2)10(9(3)4)7-17-13-6-12(16)11(15)5-14(13)18(19)20/h5-6,8-10,17H,7H2,1-4H3. The predicted molar refractivity (Wildman–Crippen MR) is 79.7 cm³/mol. The van der Waals surface area contributed by atoms with E-state index >= 15 is 0 Å². The number of anilines is 1. The Morgan fingerprint density at radius 3 is 2.30 bits per heavy atom. The number of rotatable bonds is 6. The van der Waals surface area contributed by atoms with Crippen molar-refractivity contribution in [3.63, 3.8) is 0 Å². The maximum absolute atomic E-state index is 13.5. The lowest BCUT2D eigenvalue weighted by Crippen LogP contribution is -2.24. The molecule has 4 nitrogen and oxygen atoms in total. The van der Waals surface area contributed by atoms with E-state index in [4.69, 9.17) is 11.6 Å². The first-order chi connectivity index (χ1) is 9.23. The van der Waals surface area contributed by atoms with Crippen molar-refractivity contribution in [3.05, 3.63) is 33.1 Å². The lowest BCUT2D eigenvalue weighted by atomic mass is 9.85. The van der Waals surface area contributed by atoms with Crippen molar-refractivity contribution in [2.75, 3.05) is 11.9 Å². The highest BCUT2D eigenvalue weighted by Crippen LogP contribution is 2.31. The molecular formula is C14H20ClFN2O2. The zero-order chi connectivity index (χ0) is 15.4. The molecule has 112 valence electrons. The number of nitro benzene ring substituents is 1. The van der Waals surface area contributed by atoms with E-state index in [9.17, 15) is 14.5 Å². The van der Waals surface area contributed by atoms with E-state index in [1.54, 1.807) is 0 Å². The molecule has 0 saturated carbocycles. The Labute approximate surface area is 123 Å². The first-order valence-electron chi connectivity index (χ1n) is 6.61. The minimum Gasteiger partial charge on any atom is -0.379 e. The molecule has 0 saturated heterocycles. The first kappa shape index (κ1) is 16.7. The van der Waals surface area contributed by atoms with Gasteiger partial charge in [0.2, 0.25) is 0 Å². The van der Waals surface area contributed by atoms with Crippen LogP contribution >= 0.6 is 11.6 Å². The van der Waals surface area contributed by atoms with Crippen LogP contribution in [-0.4, -0.2) is 11.5 Å². The smallest absolute Gasteiger partial charge is 0.294 e. The van der Waals surface area contributed by atoms with E-state index < -0.39 is 10.7 Å². The Kier molecular flexibility index (Phi) is 5.74. The highest BCUT2D eigenvalue weighted by Gasteiger charge is 2.21. The Hall–Kier alpha value is -1.36. The van der Waals surface area contributed by atoms with Gasteiger partial charge in [0.15, 0.2) is 0 Å². The number of halogens is 2. The van der Waals surface area contributed by atoms with E-state index in [1.165, 1.54) is 0 Å². The van der Waals surface area contributed by atoms with Gasteiger partial charge in [-0.25, -0.2) is 4.39 Å². The molecule has 20 heavy (non-hydrogen) atoms. The number of hydrogen-bond acceptors (Lipinski definition) is 3. The molecule has 0 unspecified atom stereocenters. The summed E-state index contributed by atoms with van der Waals surface area (Å²) in [4.78, 5) is 10.4. The van der Waals surface area contributed by atoms with E-state index in [1.807, 2.05) is 0 Å². The zero-order valence-electron chi connectivity index (χ0n) is 12.1. The molecule has 0 spiro atoms. The van der Waals surface area contributed by atoms with Gasteiger partial charge >= 0.3 is 0 Å². The molecule has 0 fully saturated rings. The lowest BCUT2D eigenvalue weighted by Gasteiger charge is -2.25. The predicted octanol–water partition coefficient (Wildman–Crippen LogP) is 4.73. The molecule has 0 aromatic heterocycles. The lowest BCUT2D eigenvalue weighted by molar-refractivity contribution is -0.384. The van der Waals surface area contributed by atoms with Gasteiger partial charge in [0.1, 0.15) is 11.5 Å². The molecule has 0 radical (unpaired) electrons. The summed E-state index contributed by atoms with van der Waals surface area (Å²) in [7, 11) is 0. The van der Waals surface area contributed by atoms with Gasteiger partial charge in [-0.1, -0.05) is 39.3 Å². The normalized spacial score (nSPS) is 11.4. The minimum atomic E-state index is -0.662. The van der Waals surface area contributed by atoms with Crippen molar-refractivity contribution in [1.82, 2.24) is 0 Å². The molecule has 1 aromatic carbocycles. The van der Waals surface area contributed by atoms with Crippen molar-refractivity contribution in [1.29, 1.82) is 0 Å². The molecule has 6 heteroatoms. The van der Waals surface area contributed by atoms with E-state index in [0.717, 1.165) is 12.1 Å². The van der Waals surface area contributed by atoms with Gasteiger partial charge < -0.3 is 5.32 Å². The summed E-state index contributed by atoms with van der Waals surface area (Å²) in [6.45, 7) is 8.95. The van der Waals surface area contributed by atoms with Crippen LogP contribution in [0.1, 0.15) is 27.7 Å². The molecule has 0 aliphatic heterocycles. The van der Waals surface area contributed by atoms with Gasteiger partial charge in [-0.2, -0.15) is 0 Å². The first-order valence-corrected chi connectivity index (χ1v) is 6.99. The molecule has 1 rings (SSSR count). The topological polar surface area (TPSA) is 55.2 Å². The van der Waals surface area contributed by atoms with Crippen LogP contribution in [-0.2, 0) is 0 Å². The fourth-order valence-electron chi connectivity index (χ4n) is 2.30. The Balaban J connectivity index is 2.97. The van der Waals surface area contributed by atoms with Crippen molar-refractivity contribution in [3.8, 4) is 0 Å². The third kappa shape index (κ3) is 4.07. The van der Waals surface area contributed by atoms with Crippen LogP contribution in [0.5, 0.6) is 0 Å². The van der Waals surface area contributed by atoms with Crippen molar-refractivity contribution in [2.24, 2.45) is 17.8 Å². The third-order valence-corrected chi connectivity index (χ3v) is 3.77. The van der Waals surface area contributed by atoms with Crippen LogP contribution in [0.25, 0.3) is 0 Å². The molecular weight excluding hydrogens is 283 g/mol. The quantitative estimate of drug-likeness (QED) is 0.610. The monoisotopic (exact) mass is 302 g/mol. The van der Waals surface area contributed by atoms with Crippen LogP contribution in [0.4, 0.5) is 15.8 Å². The van der Waals surface area contributed by atoms with Crippen LogP contribution < -0.4 is 5.32 Å². The second-order valence-electron chi connectivity index (χ2n) is 5.57. The fourth-order valence-corrected chi connectivity index (χ4v) is 2.46. The van der Waals surface area contributed by atoms with Gasteiger partial charge in [-0.15, -0.1) is 0 Å². The number of nitrogens with one attached hydrogen (secondary N) is 1. The van der Waals surface area contributed by atoms with Gasteiger partial charge in [0, 0.05) is 18.7 Å². The summed E-state index contributed by atoms with van der Waals surface area (Å²) < 4.78 is 13.5. The largest absolute Gasteiger partial charge is 0.379 e. The molecule has 1 N–H and O–H groups in total. The van der Waals surface area contributed by atoms with Gasteiger partial charge in [-0.3, -0.25) is 10.1 Å². The molecule has 0 atom stereocenters. The maximum Gasteiger partial charge on any atom is 0.294 e. The van der Waals surface area contributed by atoms with E-state index in [-0.39, 0.29) is 16.4 Å². The summed E-state index contributed by atoms with van der Waals surface area (Å²) >= 11 is 5.59. The summed E-state index contributed by atoms with van der Waals surface area (Å²) in [5, 5.41) is 13.7. The molecule has 0 aliphatic carbocycles. The second-order valence-corrected chi connectivity index (χ2v) is 5.98. The van der Waals surface area contributed by atoms with Gasteiger partial charge in [-0.05, 0) is 17.8 Å². The van der Waals surface area contributed by atoms with Crippen molar-refractivity contribution < 1.29 is 9.31 Å². The molecule has 1 aromatic rings. The van der Waals surface area contributed by atoms with E-state index in [0.29, 0.717) is 24.3 Å². The number of nitrogens with zero attached hydrogens (tertiary/aromatic N) is 1. The van der Waals surface area contributed by atoms with Crippen molar-refractivity contribution in [2.45, 2.75) is 27.7 Å². The van der Waals surface area contributed by atoms with Gasteiger partial charge in [0.05, 0.1) is 9.95 Å². The Morgan fingerprint density at radius 1 is 1.30 bits per heavy atom. The minimum absolute atomic E-state index is 0.170. The Morgan fingerprint density at radius 2 is 1.85 bits per heavy atom. The highest BCUT2D eigenvalue weighted by molar-refractivity contribution is 6.31. The van der Waals surface area contributed by atoms with Gasteiger partial charge in [0.25, 0.3) is 5.69 Å². The van der Waals surface area contributed by atoms with Crippen LogP contribution in [0.3, 0.4) is 0 Å². The zero-order valence-corrected chi connectivity index (χ0v) is 12.9. The summed E-state index contributed by atoms with van der Waals surface area (Å²) in [6.07, 6.45) is 0. The third-order valence-electron chi connectivity index (χ3n) is 3.48. The molecule has 0 aliphatic rings. The Bertz CT molecular complexity index is 484. The van der Waals surface area contributed by atoms with Crippen molar-refractivity contribution >= 4 is 23.0 Å². The number of benzene rings is 1. The summed E-state index contributed by atoms with van der Waals surface area (Å²) in [5.74, 6) is 0.538. The van der Waals surface area contributed by atoms with Crippen LogP contribution in [0, 0.1) is 33.7 Å². The fraction of sp³-hybridized carbons (Fsp3) is 0.571. The number of hydrogen-bond donors (Lipinski definition) is 1. The average molecular weight is 303 g/mol. The molecule has 0 amide bonds. The van der Waals surface area contributed by atoms with E-state index in [2.05, 4.69) is 33.0 Å². The average Bonchev–Trinajstić information content (AvgIpc) is 2.32. The highest BCUT2D eigenvalue weighted by atomic mass is 35.5. The van der Waals surface area contributed by atoms with Crippen LogP contribution in [0.15, 0.2) is 12.1 Å². The summed E-state index contributed by atoms with van der Waals surface area (Å²) in [5.41, 5.74) is -0.0362. The number of nitro groups is 1. The maximum atomic E-state index is 13.5. The van der Waals surface area contributed by atoms with Crippen LogP contribution in [0.2, 0.25) is 5.02 Å².